The van der Waals surface area contributed by atoms with Crippen LogP contribution in [0.4, 0.5) is 0 Å². The highest BCUT2D eigenvalue weighted by Crippen LogP contribution is 2.30. The molecule has 0 bridgehead atoms. The first-order chi connectivity index (χ1) is 5.99. The molecule has 0 spiro atoms. The van der Waals surface area contributed by atoms with E-state index < -0.39 is 5.41 Å². The van der Waals surface area contributed by atoms with E-state index >= 15 is 0 Å². The Morgan fingerprint density at radius 1 is 1.54 bits per heavy atom. The zero-order valence-corrected chi connectivity index (χ0v) is 8.22. The number of ketones is 2. The second kappa shape index (κ2) is 3.42. The van der Waals surface area contributed by atoms with E-state index in [4.69, 9.17) is 4.74 Å². The Balaban J connectivity index is 2.96. The molecule has 0 radical (unpaired) electrons. The van der Waals surface area contributed by atoms with Crippen LogP contribution in [0.3, 0.4) is 0 Å². The standard InChI is InChI=1S/C10H14O3/c1-7-4-8(11)5-10(2,6-13-3)9(7)12/h4H,5-6H2,1-3H3. The fraction of sp³-hybridized carbons (Fsp3) is 0.600. The Bertz CT molecular complexity index is 278. The fourth-order valence-electron chi connectivity index (χ4n) is 1.73. The minimum absolute atomic E-state index is 0.0108. The molecule has 0 aromatic heterocycles. The van der Waals surface area contributed by atoms with Crippen molar-refractivity contribution < 1.29 is 14.3 Å². The van der Waals surface area contributed by atoms with Crippen LogP contribution in [0.2, 0.25) is 0 Å². The van der Waals surface area contributed by atoms with Gasteiger partial charge in [0.2, 0.25) is 0 Å². The largest absolute Gasteiger partial charge is 0.384 e. The van der Waals surface area contributed by atoms with Crippen molar-refractivity contribution in [1.29, 1.82) is 0 Å². The predicted molar refractivity (Wildman–Crippen MR) is 48.4 cm³/mol. The van der Waals surface area contributed by atoms with Crippen LogP contribution in [0.1, 0.15) is 20.3 Å². The summed E-state index contributed by atoms with van der Waals surface area (Å²) in [6.45, 7) is 3.75. The Morgan fingerprint density at radius 3 is 2.69 bits per heavy atom. The van der Waals surface area contributed by atoms with Crippen LogP contribution in [0.15, 0.2) is 11.6 Å². The first-order valence-corrected chi connectivity index (χ1v) is 4.24. The molecule has 13 heavy (non-hydrogen) atoms. The summed E-state index contributed by atoms with van der Waals surface area (Å²) in [6.07, 6.45) is 1.68. The lowest BCUT2D eigenvalue weighted by atomic mass is 9.75. The molecular formula is C10H14O3. The summed E-state index contributed by atoms with van der Waals surface area (Å²) in [5.41, 5.74) is -0.110. The fourth-order valence-corrected chi connectivity index (χ4v) is 1.73. The van der Waals surface area contributed by atoms with Crippen molar-refractivity contribution in [3.63, 3.8) is 0 Å². The van der Waals surface area contributed by atoms with Crippen LogP contribution in [-0.2, 0) is 14.3 Å². The first-order valence-electron chi connectivity index (χ1n) is 4.24. The second-order valence-corrected chi connectivity index (χ2v) is 3.79. The summed E-state index contributed by atoms with van der Waals surface area (Å²) in [7, 11) is 1.54. The van der Waals surface area contributed by atoms with Crippen LogP contribution < -0.4 is 0 Å². The number of rotatable bonds is 2. The van der Waals surface area contributed by atoms with E-state index in [9.17, 15) is 9.59 Å². The van der Waals surface area contributed by atoms with Crippen molar-refractivity contribution in [3.8, 4) is 0 Å². The highest BCUT2D eigenvalue weighted by molar-refractivity contribution is 6.11. The quantitative estimate of drug-likeness (QED) is 0.643. The second-order valence-electron chi connectivity index (χ2n) is 3.79. The van der Waals surface area contributed by atoms with E-state index in [2.05, 4.69) is 0 Å². The average Bonchev–Trinajstić information content (AvgIpc) is 2.00. The monoisotopic (exact) mass is 182 g/mol. The van der Waals surface area contributed by atoms with Gasteiger partial charge in [-0.3, -0.25) is 9.59 Å². The molecule has 1 aliphatic carbocycles. The van der Waals surface area contributed by atoms with Gasteiger partial charge in [0.25, 0.3) is 0 Å². The SMILES string of the molecule is COCC1(C)CC(=O)C=C(C)C1=O. The number of hydrogen-bond donors (Lipinski definition) is 0. The van der Waals surface area contributed by atoms with Gasteiger partial charge in [0, 0.05) is 13.5 Å². The van der Waals surface area contributed by atoms with Crippen LogP contribution >= 0.6 is 0 Å². The molecule has 1 aliphatic rings. The number of ether oxygens (including phenoxy) is 1. The number of methoxy groups -OCH3 is 1. The Morgan fingerprint density at radius 2 is 2.15 bits per heavy atom. The molecule has 0 heterocycles. The lowest BCUT2D eigenvalue weighted by Gasteiger charge is -2.29. The van der Waals surface area contributed by atoms with Gasteiger partial charge in [0.05, 0.1) is 12.0 Å². The van der Waals surface area contributed by atoms with Crippen molar-refractivity contribution in [3.05, 3.63) is 11.6 Å². The molecule has 0 aromatic rings. The van der Waals surface area contributed by atoms with Gasteiger partial charge < -0.3 is 4.74 Å². The molecule has 0 fully saturated rings. The maximum absolute atomic E-state index is 11.7. The zero-order chi connectivity index (χ0) is 10.1. The van der Waals surface area contributed by atoms with Gasteiger partial charge in [-0.2, -0.15) is 0 Å². The van der Waals surface area contributed by atoms with Gasteiger partial charge in [-0.25, -0.2) is 0 Å². The van der Waals surface area contributed by atoms with Crippen molar-refractivity contribution in [1.82, 2.24) is 0 Å². The van der Waals surface area contributed by atoms with Crippen LogP contribution in [-0.4, -0.2) is 25.3 Å². The van der Waals surface area contributed by atoms with E-state index in [1.54, 1.807) is 13.8 Å². The molecule has 3 nitrogen and oxygen atoms in total. The molecule has 1 atom stereocenters. The lowest BCUT2D eigenvalue weighted by Crippen LogP contribution is -2.38. The van der Waals surface area contributed by atoms with Crippen molar-refractivity contribution in [2.24, 2.45) is 5.41 Å². The Hall–Kier alpha value is -0.960. The summed E-state index contributed by atoms with van der Waals surface area (Å²) in [5, 5.41) is 0. The van der Waals surface area contributed by atoms with Crippen molar-refractivity contribution in [2.75, 3.05) is 13.7 Å². The highest BCUT2D eigenvalue weighted by Gasteiger charge is 2.38. The summed E-state index contributed by atoms with van der Waals surface area (Å²) in [5.74, 6) is 0.0330. The van der Waals surface area contributed by atoms with Crippen LogP contribution in [0.5, 0.6) is 0 Å². The normalized spacial score (nSPS) is 29.0. The van der Waals surface area contributed by atoms with E-state index in [1.807, 2.05) is 0 Å². The zero-order valence-electron chi connectivity index (χ0n) is 8.22. The van der Waals surface area contributed by atoms with Gasteiger partial charge in [-0.05, 0) is 25.5 Å². The smallest absolute Gasteiger partial charge is 0.167 e. The van der Waals surface area contributed by atoms with Gasteiger partial charge >= 0.3 is 0 Å². The summed E-state index contributed by atoms with van der Waals surface area (Å²) >= 11 is 0. The molecule has 0 aliphatic heterocycles. The molecule has 72 valence electrons. The minimum Gasteiger partial charge on any atom is -0.384 e. The van der Waals surface area contributed by atoms with Crippen molar-refractivity contribution >= 4 is 11.6 Å². The number of Topliss-reactive ketones (excluding diaryl/α,β-unsaturated/α-hetero) is 1. The average molecular weight is 182 g/mol. The lowest BCUT2D eigenvalue weighted by molar-refractivity contribution is -0.133. The molecule has 0 aromatic carbocycles. The van der Waals surface area contributed by atoms with E-state index in [-0.39, 0.29) is 18.0 Å². The molecule has 3 heteroatoms. The molecule has 0 saturated heterocycles. The number of carbonyl (C=O) groups excluding carboxylic acids is 2. The van der Waals surface area contributed by atoms with E-state index in [0.29, 0.717) is 12.2 Å². The van der Waals surface area contributed by atoms with Gasteiger partial charge in [-0.1, -0.05) is 0 Å². The molecule has 0 amide bonds. The van der Waals surface area contributed by atoms with Gasteiger partial charge in [0.15, 0.2) is 11.6 Å². The molecule has 1 unspecified atom stereocenters. The molecule has 0 saturated carbocycles. The summed E-state index contributed by atoms with van der Waals surface area (Å²) in [4.78, 5) is 22.9. The van der Waals surface area contributed by atoms with E-state index in [0.717, 1.165) is 0 Å². The Kier molecular flexibility index (Phi) is 2.66. The number of allylic oxidation sites excluding steroid dienone is 2. The third-order valence-electron chi connectivity index (χ3n) is 2.31. The third-order valence-corrected chi connectivity index (χ3v) is 2.31. The summed E-state index contributed by atoms with van der Waals surface area (Å²) < 4.78 is 4.95. The molecule has 0 N–H and O–H groups in total. The number of hydrogen-bond acceptors (Lipinski definition) is 3. The third kappa shape index (κ3) is 1.86. The van der Waals surface area contributed by atoms with E-state index in [1.165, 1.54) is 13.2 Å². The minimum atomic E-state index is -0.648. The first kappa shape index (κ1) is 10.1. The maximum atomic E-state index is 11.7. The summed E-state index contributed by atoms with van der Waals surface area (Å²) in [6, 6.07) is 0. The van der Waals surface area contributed by atoms with Crippen LogP contribution in [0.25, 0.3) is 0 Å². The number of carbonyl (C=O) groups is 2. The van der Waals surface area contributed by atoms with Gasteiger partial charge in [0.1, 0.15) is 0 Å². The van der Waals surface area contributed by atoms with Gasteiger partial charge in [-0.15, -0.1) is 0 Å². The maximum Gasteiger partial charge on any atom is 0.167 e. The predicted octanol–water partition coefficient (Wildman–Crippen LogP) is 1.13. The highest BCUT2D eigenvalue weighted by atomic mass is 16.5. The topological polar surface area (TPSA) is 43.4 Å². The molecular weight excluding hydrogens is 168 g/mol. The Labute approximate surface area is 77.8 Å². The molecule has 1 rings (SSSR count). The van der Waals surface area contributed by atoms with Crippen molar-refractivity contribution in [2.45, 2.75) is 20.3 Å². The van der Waals surface area contributed by atoms with Crippen LogP contribution in [0, 0.1) is 5.41 Å².